The second-order valence-corrected chi connectivity index (χ2v) is 3.87. The van der Waals surface area contributed by atoms with E-state index in [0.717, 1.165) is 31.0 Å². The van der Waals surface area contributed by atoms with Crippen LogP contribution in [-0.4, -0.2) is 31.3 Å². The Labute approximate surface area is 124 Å². The zero-order chi connectivity index (χ0) is 12.1. The first-order valence-corrected chi connectivity index (χ1v) is 5.67. The minimum atomic E-state index is 0. The van der Waals surface area contributed by atoms with Crippen molar-refractivity contribution in [3.05, 3.63) is 23.8 Å². The highest BCUT2D eigenvalue weighted by Gasteiger charge is 2.05. The smallest absolute Gasteiger partial charge is 0.191 e. The molecular weight excluding hydrogens is 345 g/mol. The molecule has 1 aromatic rings. The molecule has 0 aliphatic carbocycles. The second kappa shape index (κ2) is 7.30. The number of nitrogens with one attached hydrogen (secondary N) is 2. The Balaban J connectivity index is 0.00000162. The molecule has 1 aliphatic rings. The van der Waals surface area contributed by atoms with Gasteiger partial charge in [0.1, 0.15) is 0 Å². The molecule has 18 heavy (non-hydrogen) atoms. The molecule has 2 rings (SSSR count). The molecule has 0 aromatic heterocycles. The van der Waals surface area contributed by atoms with E-state index in [9.17, 15) is 5.11 Å². The lowest BCUT2D eigenvalue weighted by atomic mass is 10.2. The van der Waals surface area contributed by atoms with Crippen molar-refractivity contribution < 1.29 is 9.84 Å². The molecule has 0 unspecified atom stereocenters. The summed E-state index contributed by atoms with van der Waals surface area (Å²) in [6, 6.07) is 5.35. The van der Waals surface area contributed by atoms with Gasteiger partial charge in [-0.1, -0.05) is 6.07 Å². The van der Waals surface area contributed by atoms with E-state index < -0.39 is 0 Å². The van der Waals surface area contributed by atoms with Crippen molar-refractivity contribution in [3.8, 4) is 11.5 Å². The third kappa shape index (κ3) is 3.94. The van der Waals surface area contributed by atoms with Crippen LogP contribution in [0.15, 0.2) is 23.2 Å². The lowest BCUT2D eigenvalue weighted by Crippen LogP contribution is -2.40. The van der Waals surface area contributed by atoms with Gasteiger partial charge in [-0.05, 0) is 24.1 Å². The maximum absolute atomic E-state index is 9.63. The number of guanidine groups is 1. The van der Waals surface area contributed by atoms with Crippen LogP contribution in [0.2, 0.25) is 0 Å². The number of aromatic hydroxyl groups is 1. The van der Waals surface area contributed by atoms with Crippen LogP contribution >= 0.6 is 24.0 Å². The number of benzene rings is 1. The van der Waals surface area contributed by atoms with Crippen LogP contribution in [0.25, 0.3) is 0 Å². The first-order chi connectivity index (χ1) is 8.29. The predicted octanol–water partition coefficient (Wildman–Crippen LogP) is 1.46. The SMILES string of the molecule is COc1ccc(CNC2=NCCCN2)cc1O.I. The lowest BCUT2D eigenvalue weighted by molar-refractivity contribution is 0.373. The maximum atomic E-state index is 9.63. The highest BCUT2D eigenvalue weighted by Crippen LogP contribution is 2.25. The van der Waals surface area contributed by atoms with Crippen molar-refractivity contribution in [1.82, 2.24) is 10.6 Å². The Morgan fingerprint density at radius 3 is 2.94 bits per heavy atom. The van der Waals surface area contributed by atoms with Gasteiger partial charge in [-0.25, -0.2) is 0 Å². The largest absolute Gasteiger partial charge is 0.504 e. The van der Waals surface area contributed by atoms with Crippen LogP contribution in [0, 0.1) is 0 Å². The van der Waals surface area contributed by atoms with Crippen LogP contribution < -0.4 is 15.4 Å². The van der Waals surface area contributed by atoms with Crippen molar-refractivity contribution in [2.24, 2.45) is 4.99 Å². The van der Waals surface area contributed by atoms with Gasteiger partial charge in [0, 0.05) is 19.6 Å². The summed E-state index contributed by atoms with van der Waals surface area (Å²) in [5.74, 6) is 1.47. The topological polar surface area (TPSA) is 65.9 Å². The van der Waals surface area contributed by atoms with Gasteiger partial charge in [-0.2, -0.15) is 0 Å². The molecule has 0 radical (unpaired) electrons. The Hall–Kier alpha value is -1.18. The van der Waals surface area contributed by atoms with Gasteiger partial charge in [-0.3, -0.25) is 4.99 Å². The number of aliphatic imine (C=N–C) groups is 1. The normalized spacial score (nSPS) is 13.9. The van der Waals surface area contributed by atoms with Gasteiger partial charge >= 0.3 is 0 Å². The number of halogens is 1. The van der Waals surface area contributed by atoms with Crippen molar-refractivity contribution in [2.45, 2.75) is 13.0 Å². The van der Waals surface area contributed by atoms with E-state index in [4.69, 9.17) is 4.74 Å². The number of hydrogen-bond acceptors (Lipinski definition) is 5. The fourth-order valence-corrected chi connectivity index (χ4v) is 1.68. The molecule has 0 amide bonds. The molecule has 1 heterocycles. The van der Waals surface area contributed by atoms with E-state index in [1.165, 1.54) is 7.11 Å². The van der Waals surface area contributed by atoms with Crippen LogP contribution in [0.1, 0.15) is 12.0 Å². The van der Waals surface area contributed by atoms with E-state index in [1.54, 1.807) is 12.1 Å². The minimum Gasteiger partial charge on any atom is -0.504 e. The number of methoxy groups -OCH3 is 1. The molecule has 6 heteroatoms. The third-order valence-corrected chi connectivity index (χ3v) is 2.60. The molecule has 0 spiro atoms. The monoisotopic (exact) mass is 363 g/mol. The molecule has 1 aromatic carbocycles. The second-order valence-electron chi connectivity index (χ2n) is 3.87. The first-order valence-electron chi connectivity index (χ1n) is 5.67. The van der Waals surface area contributed by atoms with E-state index in [1.807, 2.05) is 6.07 Å². The average molecular weight is 363 g/mol. The van der Waals surface area contributed by atoms with Crippen LogP contribution in [0.4, 0.5) is 0 Å². The number of phenols is 1. The summed E-state index contributed by atoms with van der Waals surface area (Å²) in [4.78, 5) is 4.31. The lowest BCUT2D eigenvalue weighted by Gasteiger charge is -2.16. The van der Waals surface area contributed by atoms with Crippen molar-refractivity contribution in [1.29, 1.82) is 0 Å². The summed E-state index contributed by atoms with van der Waals surface area (Å²) in [7, 11) is 1.54. The summed E-state index contributed by atoms with van der Waals surface area (Å²) < 4.78 is 4.99. The van der Waals surface area contributed by atoms with E-state index in [0.29, 0.717) is 12.3 Å². The van der Waals surface area contributed by atoms with Gasteiger partial charge in [0.15, 0.2) is 17.5 Å². The van der Waals surface area contributed by atoms with Crippen molar-refractivity contribution >= 4 is 29.9 Å². The fraction of sp³-hybridized carbons (Fsp3) is 0.417. The molecule has 0 saturated heterocycles. The Morgan fingerprint density at radius 1 is 1.50 bits per heavy atom. The molecule has 0 fully saturated rings. The predicted molar refractivity (Wildman–Crippen MR) is 81.8 cm³/mol. The molecule has 1 aliphatic heterocycles. The van der Waals surface area contributed by atoms with Crippen LogP contribution in [0.5, 0.6) is 11.5 Å². The summed E-state index contributed by atoms with van der Waals surface area (Å²) in [5.41, 5.74) is 0.985. The highest BCUT2D eigenvalue weighted by molar-refractivity contribution is 14.0. The molecule has 0 bridgehead atoms. The maximum Gasteiger partial charge on any atom is 0.191 e. The van der Waals surface area contributed by atoms with Crippen molar-refractivity contribution in [2.75, 3.05) is 20.2 Å². The van der Waals surface area contributed by atoms with Gasteiger partial charge in [0.25, 0.3) is 0 Å². The fourth-order valence-electron chi connectivity index (χ4n) is 1.68. The molecule has 0 atom stereocenters. The highest BCUT2D eigenvalue weighted by atomic mass is 127. The summed E-state index contributed by atoms with van der Waals surface area (Å²) in [6.45, 7) is 2.45. The summed E-state index contributed by atoms with van der Waals surface area (Å²) >= 11 is 0. The third-order valence-electron chi connectivity index (χ3n) is 2.60. The number of hydrogen-bond donors (Lipinski definition) is 3. The Bertz CT molecular complexity index is 424. The standard InChI is InChI=1S/C12H17N3O2.HI/c1-17-11-4-3-9(7-10(11)16)8-15-12-13-5-2-6-14-12;/h3-4,7,16H,2,5-6,8H2,1H3,(H2,13,14,15);1H. The van der Waals surface area contributed by atoms with Gasteiger partial charge in [0.05, 0.1) is 7.11 Å². The average Bonchev–Trinajstić information content (AvgIpc) is 2.38. The van der Waals surface area contributed by atoms with E-state index >= 15 is 0 Å². The van der Waals surface area contributed by atoms with E-state index in [2.05, 4.69) is 15.6 Å². The van der Waals surface area contributed by atoms with Crippen LogP contribution in [-0.2, 0) is 6.54 Å². The summed E-state index contributed by atoms with van der Waals surface area (Å²) in [5, 5.41) is 16.0. The molecule has 5 nitrogen and oxygen atoms in total. The molecule has 100 valence electrons. The van der Waals surface area contributed by atoms with E-state index in [-0.39, 0.29) is 29.7 Å². The number of phenolic OH excluding ortho intramolecular Hbond substituents is 1. The van der Waals surface area contributed by atoms with Gasteiger partial charge in [0.2, 0.25) is 0 Å². The zero-order valence-electron chi connectivity index (χ0n) is 10.3. The minimum absolute atomic E-state index is 0. The molecule has 3 N–H and O–H groups in total. The Kier molecular flexibility index (Phi) is 6.03. The molecular formula is C12H18IN3O2. The van der Waals surface area contributed by atoms with Crippen LogP contribution in [0.3, 0.4) is 0 Å². The first kappa shape index (κ1) is 14.9. The quantitative estimate of drug-likeness (QED) is 0.712. The molecule has 0 saturated carbocycles. The summed E-state index contributed by atoms with van der Waals surface area (Å²) in [6.07, 6.45) is 1.08. The van der Waals surface area contributed by atoms with Gasteiger partial charge in [-0.15, -0.1) is 24.0 Å². The number of ether oxygens (including phenoxy) is 1. The van der Waals surface area contributed by atoms with Gasteiger partial charge < -0.3 is 20.5 Å². The van der Waals surface area contributed by atoms with Crippen molar-refractivity contribution in [3.63, 3.8) is 0 Å². The number of rotatable bonds is 3. The Morgan fingerprint density at radius 2 is 2.33 bits per heavy atom. The number of nitrogens with zero attached hydrogens (tertiary/aromatic N) is 1. The zero-order valence-corrected chi connectivity index (χ0v) is 12.6.